The predicted molar refractivity (Wildman–Crippen MR) is 102 cm³/mol. The molecule has 7 nitrogen and oxygen atoms in total. The second kappa shape index (κ2) is 5.94. The highest BCUT2D eigenvalue weighted by atomic mass is 15.4. The third-order valence-corrected chi connectivity index (χ3v) is 4.91. The number of nitrogens with zero attached hydrogens (tertiary/aromatic N) is 7. The van der Waals surface area contributed by atoms with Gasteiger partial charge in [0.25, 0.3) is 0 Å². The van der Waals surface area contributed by atoms with E-state index in [1.54, 1.807) is 10.8 Å². The number of piperazine rings is 1. The molecule has 1 aromatic carbocycles. The molecule has 1 aliphatic rings. The Morgan fingerprint density at radius 2 is 1.73 bits per heavy atom. The average Bonchev–Trinajstić information content (AvgIpc) is 3.15. The van der Waals surface area contributed by atoms with Gasteiger partial charge in [-0.05, 0) is 31.2 Å². The molecule has 0 saturated carbocycles. The highest BCUT2D eigenvalue weighted by Gasteiger charge is 2.20. The number of para-hydroxylation sites is 1. The van der Waals surface area contributed by atoms with Crippen molar-refractivity contribution in [3.8, 4) is 0 Å². The first kappa shape index (κ1) is 15.1. The number of pyridine rings is 1. The van der Waals surface area contributed by atoms with E-state index in [2.05, 4.69) is 61.3 Å². The van der Waals surface area contributed by atoms with Gasteiger partial charge in [0.05, 0.1) is 5.52 Å². The molecule has 0 atom stereocenters. The van der Waals surface area contributed by atoms with Gasteiger partial charge in [-0.15, -0.1) is 15.3 Å². The van der Waals surface area contributed by atoms with Crippen molar-refractivity contribution in [2.24, 2.45) is 0 Å². The summed E-state index contributed by atoms with van der Waals surface area (Å²) in [6, 6.07) is 14.5. The number of anilines is 2. The minimum absolute atomic E-state index is 0.770. The summed E-state index contributed by atoms with van der Waals surface area (Å²) >= 11 is 0. The molecule has 5 rings (SSSR count). The lowest BCUT2D eigenvalue weighted by Crippen LogP contribution is -2.47. The Labute approximate surface area is 150 Å². The second-order valence-corrected chi connectivity index (χ2v) is 6.60. The summed E-state index contributed by atoms with van der Waals surface area (Å²) in [7, 11) is 0. The van der Waals surface area contributed by atoms with Crippen LogP contribution in [-0.2, 0) is 0 Å². The van der Waals surface area contributed by atoms with Crippen molar-refractivity contribution in [2.45, 2.75) is 6.92 Å². The first-order valence-corrected chi connectivity index (χ1v) is 8.81. The summed E-state index contributed by atoms with van der Waals surface area (Å²) in [5.41, 5.74) is 4.16. The summed E-state index contributed by atoms with van der Waals surface area (Å²) in [6.45, 7) is 5.82. The Balaban J connectivity index is 1.40. The van der Waals surface area contributed by atoms with E-state index in [0.29, 0.717) is 0 Å². The van der Waals surface area contributed by atoms with Gasteiger partial charge in [-0.3, -0.25) is 4.98 Å². The molecule has 0 radical (unpaired) electrons. The second-order valence-electron chi connectivity index (χ2n) is 6.60. The highest BCUT2D eigenvalue weighted by molar-refractivity contribution is 5.92. The number of aromatic nitrogens is 5. The topological polar surface area (TPSA) is 62.5 Å². The molecule has 130 valence electrons. The monoisotopic (exact) mass is 345 g/mol. The van der Waals surface area contributed by atoms with Crippen molar-refractivity contribution in [3.05, 3.63) is 54.5 Å². The van der Waals surface area contributed by atoms with Gasteiger partial charge in [-0.1, -0.05) is 18.2 Å². The maximum Gasteiger partial charge on any atom is 0.177 e. The van der Waals surface area contributed by atoms with E-state index in [0.717, 1.165) is 48.9 Å². The third kappa shape index (κ3) is 2.52. The highest BCUT2D eigenvalue weighted by Crippen LogP contribution is 2.28. The van der Waals surface area contributed by atoms with E-state index in [1.807, 2.05) is 18.2 Å². The molecule has 0 N–H and O–H groups in total. The molecular weight excluding hydrogens is 326 g/mol. The van der Waals surface area contributed by atoms with Gasteiger partial charge in [-0.2, -0.15) is 4.52 Å². The van der Waals surface area contributed by atoms with Gasteiger partial charge < -0.3 is 9.80 Å². The fourth-order valence-electron chi connectivity index (χ4n) is 3.61. The zero-order chi connectivity index (χ0) is 17.5. The molecule has 4 aromatic rings. The van der Waals surface area contributed by atoms with Crippen molar-refractivity contribution in [1.29, 1.82) is 0 Å². The summed E-state index contributed by atoms with van der Waals surface area (Å²) in [4.78, 5) is 9.42. The zero-order valence-electron chi connectivity index (χ0n) is 14.6. The fraction of sp³-hybridized carbons (Fsp3) is 0.263. The van der Waals surface area contributed by atoms with E-state index in [1.165, 1.54) is 11.1 Å². The lowest BCUT2D eigenvalue weighted by molar-refractivity contribution is 0.642. The van der Waals surface area contributed by atoms with Crippen molar-refractivity contribution in [1.82, 2.24) is 24.8 Å². The molecular formula is C19H19N7. The Bertz CT molecular complexity index is 1080. The van der Waals surface area contributed by atoms with Crippen molar-refractivity contribution < 1.29 is 0 Å². The Kier molecular flexibility index (Phi) is 3.44. The van der Waals surface area contributed by atoms with Crippen LogP contribution in [0.2, 0.25) is 0 Å². The number of benzene rings is 1. The zero-order valence-corrected chi connectivity index (χ0v) is 14.6. The smallest absolute Gasteiger partial charge is 0.177 e. The summed E-state index contributed by atoms with van der Waals surface area (Å²) in [5.74, 6) is 0.965. The molecule has 1 aliphatic heterocycles. The molecule has 0 spiro atoms. The number of rotatable bonds is 2. The van der Waals surface area contributed by atoms with E-state index in [4.69, 9.17) is 0 Å². The van der Waals surface area contributed by atoms with Crippen LogP contribution in [0.5, 0.6) is 0 Å². The SMILES string of the molecule is Cc1cc(N2CCN(c3ccc4nncn4n3)CC2)c2ccccc2n1. The van der Waals surface area contributed by atoms with Crippen LogP contribution < -0.4 is 9.80 Å². The largest absolute Gasteiger partial charge is 0.367 e. The quantitative estimate of drug-likeness (QED) is 0.556. The van der Waals surface area contributed by atoms with Crippen molar-refractivity contribution in [2.75, 3.05) is 36.0 Å². The van der Waals surface area contributed by atoms with Gasteiger partial charge in [0.1, 0.15) is 12.1 Å². The van der Waals surface area contributed by atoms with Gasteiger partial charge in [-0.25, -0.2) is 0 Å². The molecule has 1 fully saturated rings. The summed E-state index contributed by atoms with van der Waals surface area (Å²) in [5, 5.41) is 13.7. The maximum atomic E-state index is 4.66. The number of aryl methyl sites for hydroxylation is 1. The number of fused-ring (bicyclic) bond motifs is 2. The Hall–Kier alpha value is -3.22. The lowest BCUT2D eigenvalue weighted by Gasteiger charge is -2.37. The minimum Gasteiger partial charge on any atom is -0.367 e. The molecule has 0 bridgehead atoms. The lowest BCUT2D eigenvalue weighted by atomic mass is 10.1. The van der Waals surface area contributed by atoms with Crippen LogP contribution in [0.3, 0.4) is 0 Å². The molecule has 0 unspecified atom stereocenters. The molecule has 7 heteroatoms. The van der Waals surface area contributed by atoms with Gasteiger partial charge in [0, 0.05) is 42.9 Å². The van der Waals surface area contributed by atoms with Crippen LogP contribution >= 0.6 is 0 Å². The average molecular weight is 345 g/mol. The van der Waals surface area contributed by atoms with Crippen LogP contribution in [0, 0.1) is 6.92 Å². The van der Waals surface area contributed by atoms with Gasteiger partial charge in [0.15, 0.2) is 5.65 Å². The molecule has 0 amide bonds. The normalized spacial score (nSPS) is 15.1. The Morgan fingerprint density at radius 3 is 2.62 bits per heavy atom. The molecule has 1 saturated heterocycles. The van der Waals surface area contributed by atoms with Crippen LogP contribution in [-0.4, -0.2) is 51.0 Å². The molecule has 26 heavy (non-hydrogen) atoms. The van der Waals surface area contributed by atoms with E-state index in [-0.39, 0.29) is 0 Å². The predicted octanol–water partition coefficient (Wildman–Crippen LogP) is 2.31. The third-order valence-electron chi connectivity index (χ3n) is 4.91. The number of hydrogen-bond donors (Lipinski definition) is 0. The molecule has 0 aliphatic carbocycles. The van der Waals surface area contributed by atoms with Crippen molar-refractivity contribution >= 4 is 28.1 Å². The van der Waals surface area contributed by atoms with E-state index >= 15 is 0 Å². The summed E-state index contributed by atoms with van der Waals surface area (Å²) in [6.07, 6.45) is 1.64. The Morgan fingerprint density at radius 1 is 0.923 bits per heavy atom. The standard InChI is InChI=1S/C19H19N7/c1-14-12-17(15-4-2-3-5-16(15)21-14)24-8-10-25(11-9-24)19-7-6-18-22-20-13-26(18)23-19/h2-7,12-13H,8-11H2,1H3. The fourth-order valence-corrected chi connectivity index (χ4v) is 3.61. The van der Waals surface area contributed by atoms with Crippen LogP contribution in [0.4, 0.5) is 11.5 Å². The summed E-state index contributed by atoms with van der Waals surface area (Å²) < 4.78 is 1.72. The van der Waals surface area contributed by atoms with Crippen LogP contribution in [0.15, 0.2) is 48.8 Å². The first-order chi connectivity index (χ1) is 12.8. The number of hydrogen-bond acceptors (Lipinski definition) is 6. The van der Waals surface area contributed by atoms with Crippen LogP contribution in [0.1, 0.15) is 5.69 Å². The first-order valence-electron chi connectivity index (χ1n) is 8.81. The maximum absolute atomic E-state index is 4.66. The van der Waals surface area contributed by atoms with Gasteiger partial charge in [0.2, 0.25) is 0 Å². The molecule has 4 heterocycles. The minimum atomic E-state index is 0.770. The van der Waals surface area contributed by atoms with E-state index in [9.17, 15) is 0 Å². The van der Waals surface area contributed by atoms with E-state index < -0.39 is 0 Å². The van der Waals surface area contributed by atoms with Gasteiger partial charge >= 0.3 is 0 Å². The van der Waals surface area contributed by atoms with Crippen molar-refractivity contribution in [3.63, 3.8) is 0 Å². The van der Waals surface area contributed by atoms with Crippen LogP contribution in [0.25, 0.3) is 16.6 Å². The molecule has 3 aromatic heterocycles.